The number of nitrogens with zero attached hydrogens (tertiary/aromatic N) is 4. The van der Waals surface area contributed by atoms with Gasteiger partial charge in [0, 0.05) is 17.4 Å². The van der Waals surface area contributed by atoms with Gasteiger partial charge in [-0.05, 0) is 11.6 Å². The first-order valence-electron chi connectivity index (χ1n) is 5.82. The number of benzene rings is 1. The van der Waals surface area contributed by atoms with Crippen molar-refractivity contribution in [2.75, 3.05) is 0 Å². The van der Waals surface area contributed by atoms with E-state index in [1.165, 1.54) is 23.3 Å². The van der Waals surface area contributed by atoms with Crippen LogP contribution in [-0.2, 0) is 6.54 Å². The first kappa shape index (κ1) is 12.6. The van der Waals surface area contributed by atoms with Crippen LogP contribution in [0.5, 0.6) is 0 Å². The van der Waals surface area contributed by atoms with E-state index in [4.69, 9.17) is 16.0 Å². The van der Waals surface area contributed by atoms with Crippen LogP contribution >= 0.6 is 11.6 Å². The van der Waals surface area contributed by atoms with Crippen LogP contribution in [0, 0.1) is 0 Å². The Morgan fingerprint density at radius 1 is 1.25 bits per heavy atom. The van der Waals surface area contributed by atoms with Crippen molar-refractivity contribution in [2.24, 2.45) is 0 Å². The smallest absolute Gasteiger partial charge is 0.386 e. The van der Waals surface area contributed by atoms with Crippen molar-refractivity contribution < 1.29 is 4.42 Å². The monoisotopic (exact) mass is 288 g/mol. The van der Waals surface area contributed by atoms with E-state index >= 15 is 0 Å². The molecule has 100 valence electrons. The van der Waals surface area contributed by atoms with Gasteiger partial charge in [-0.2, -0.15) is 4.68 Å². The van der Waals surface area contributed by atoms with E-state index in [1.54, 1.807) is 6.07 Å². The second kappa shape index (κ2) is 5.26. The molecule has 0 atom stereocenters. The van der Waals surface area contributed by atoms with E-state index in [0.717, 1.165) is 5.56 Å². The molecule has 0 saturated carbocycles. The number of halogens is 1. The van der Waals surface area contributed by atoms with E-state index in [0.29, 0.717) is 10.7 Å². The van der Waals surface area contributed by atoms with Crippen molar-refractivity contribution in [1.82, 2.24) is 19.7 Å². The molecule has 0 amide bonds. The Hall–Kier alpha value is -2.47. The Morgan fingerprint density at radius 3 is 2.85 bits per heavy atom. The maximum atomic E-state index is 11.8. The van der Waals surface area contributed by atoms with Gasteiger partial charge < -0.3 is 4.42 Å². The van der Waals surface area contributed by atoms with Gasteiger partial charge in [-0.1, -0.05) is 29.8 Å². The summed E-state index contributed by atoms with van der Waals surface area (Å²) >= 11 is 6.05. The predicted molar refractivity (Wildman–Crippen MR) is 72.3 cm³/mol. The number of rotatable bonds is 3. The summed E-state index contributed by atoms with van der Waals surface area (Å²) in [6.07, 6.45) is 4.51. The zero-order valence-corrected chi connectivity index (χ0v) is 11.0. The molecule has 0 unspecified atom stereocenters. The van der Waals surface area contributed by atoms with E-state index in [9.17, 15) is 4.79 Å². The van der Waals surface area contributed by atoms with Gasteiger partial charge in [0.2, 0.25) is 0 Å². The molecule has 0 radical (unpaired) electrons. The Bertz CT molecular complexity index is 782. The van der Waals surface area contributed by atoms with Crippen molar-refractivity contribution in [3.63, 3.8) is 0 Å². The minimum Gasteiger partial charge on any atom is -0.386 e. The molecular weight excluding hydrogens is 280 g/mol. The normalized spacial score (nSPS) is 10.7. The molecule has 2 aromatic heterocycles. The molecule has 0 saturated heterocycles. The lowest BCUT2D eigenvalue weighted by molar-refractivity contribution is 0.494. The molecule has 0 N–H and O–H groups in total. The van der Waals surface area contributed by atoms with Crippen molar-refractivity contribution in [1.29, 1.82) is 0 Å². The zero-order valence-electron chi connectivity index (χ0n) is 10.2. The minimum absolute atomic E-state index is 0.134. The highest BCUT2D eigenvalue weighted by molar-refractivity contribution is 6.31. The Balaban J connectivity index is 1.95. The Morgan fingerprint density at radius 2 is 2.10 bits per heavy atom. The molecule has 0 fully saturated rings. The lowest BCUT2D eigenvalue weighted by Gasteiger charge is -2.01. The van der Waals surface area contributed by atoms with Gasteiger partial charge in [0.05, 0.1) is 12.7 Å². The second-order valence-electron chi connectivity index (χ2n) is 4.01. The maximum Gasteiger partial charge on any atom is 0.437 e. The fourth-order valence-electron chi connectivity index (χ4n) is 1.71. The van der Waals surface area contributed by atoms with Crippen LogP contribution in [-0.4, -0.2) is 19.7 Å². The summed E-state index contributed by atoms with van der Waals surface area (Å²) in [6.45, 7) is 0.238. The van der Waals surface area contributed by atoms with Gasteiger partial charge in [-0.3, -0.25) is 4.98 Å². The van der Waals surface area contributed by atoms with Gasteiger partial charge in [-0.15, -0.1) is 5.10 Å². The van der Waals surface area contributed by atoms with E-state index < -0.39 is 5.76 Å². The largest absolute Gasteiger partial charge is 0.437 e. The topological polar surface area (TPSA) is 73.8 Å². The standard InChI is InChI=1S/C13H9ClN4O2/c14-10-4-2-1-3-9(10)8-18-13(19)20-12(17-18)11-7-15-5-6-16-11/h1-7H,8H2. The molecule has 20 heavy (non-hydrogen) atoms. The summed E-state index contributed by atoms with van der Waals surface area (Å²) in [5, 5.41) is 4.67. The van der Waals surface area contributed by atoms with Crippen LogP contribution in [0.15, 0.2) is 52.1 Å². The molecule has 6 nitrogen and oxygen atoms in total. The Kier molecular flexibility index (Phi) is 3.30. The third-order valence-electron chi connectivity index (χ3n) is 2.67. The van der Waals surface area contributed by atoms with Crippen molar-refractivity contribution in [3.05, 3.63) is 64.0 Å². The summed E-state index contributed by atoms with van der Waals surface area (Å²) in [4.78, 5) is 19.7. The summed E-state index contributed by atoms with van der Waals surface area (Å²) in [6, 6.07) is 7.25. The molecule has 0 aliphatic carbocycles. The fraction of sp³-hybridized carbons (Fsp3) is 0.0769. The summed E-state index contributed by atoms with van der Waals surface area (Å²) in [7, 11) is 0. The molecule has 0 aliphatic heterocycles. The van der Waals surface area contributed by atoms with Gasteiger partial charge in [-0.25, -0.2) is 9.78 Å². The second-order valence-corrected chi connectivity index (χ2v) is 4.42. The zero-order chi connectivity index (χ0) is 13.9. The number of hydrogen-bond donors (Lipinski definition) is 0. The van der Waals surface area contributed by atoms with E-state index in [1.807, 2.05) is 18.2 Å². The molecule has 0 spiro atoms. The van der Waals surface area contributed by atoms with Crippen LogP contribution in [0.4, 0.5) is 0 Å². The van der Waals surface area contributed by atoms with Gasteiger partial charge in [0.15, 0.2) is 0 Å². The van der Waals surface area contributed by atoms with Gasteiger partial charge in [0.1, 0.15) is 5.69 Å². The van der Waals surface area contributed by atoms with Gasteiger partial charge >= 0.3 is 5.76 Å². The predicted octanol–water partition coefficient (Wildman–Crippen LogP) is 1.99. The molecule has 2 heterocycles. The average Bonchev–Trinajstić information content (AvgIpc) is 2.84. The molecule has 0 bridgehead atoms. The molecule has 3 rings (SSSR count). The van der Waals surface area contributed by atoms with Crippen LogP contribution in [0.1, 0.15) is 5.56 Å². The average molecular weight is 289 g/mol. The Labute approximate surface area is 118 Å². The van der Waals surface area contributed by atoms with E-state index in [2.05, 4.69) is 15.1 Å². The first-order valence-corrected chi connectivity index (χ1v) is 6.19. The van der Waals surface area contributed by atoms with Crippen LogP contribution in [0.25, 0.3) is 11.6 Å². The molecular formula is C13H9ClN4O2. The molecule has 3 aromatic rings. The highest BCUT2D eigenvalue weighted by Crippen LogP contribution is 2.16. The SMILES string of the molecule is O=c1oc(-c2cnccn2)nn1Cc1ccccc1Cl. The van der Waals surface area contributed by atoms with Crippen molar-refractivity contribution >= 4 is 11.6 Å². The summed E-state index contributed by atoms with van der Waals surface area (Å²) < 4.78 is 6.26. The maximum absolute atomic E-state index is 11.8. The van der Waals surface area contributed by atoms with Gasteiger partial charge in [0.25, 0.3) is 5.89 Å². The third-order valence-corrected chi connectivity index (χ3v) is 3.04. The highest BCUT2D eigenvalue weighted by atomic mass is 35.5. The van der Waals surface area contributed by atoms with Crippen LogP contribution in [0.3, 0.4) is 0 Å². The van der Waals surface area contributed by atoms with Crippen LogP contribution < -0.4 is 5.76 Å². The van der Waals surface area contributed by atoms with Crippen molar-refractivity contribution in [3.8, 4) is 11.6 Å². The first-order chi connectivity index (χ1) is 9.74. The summed E-state index contributed by atoms with van der Waals surface area (Å²) in [5.74, 6) is -0.430. The quantitative estimate of drug-likeness (QED) is 0.737. The highest BCUT2D eigenvalue weighted by Gasteiger charge is 2.12. The molecule has 0 aliphatic rings. The lowest BCUT2D eigenvalue weighted by Crippen LogP contribution is -2.16. The van der Waals surface area contributed by atoms with E-state index in [-0.39, 0.29) is 12.4 Å². The third kappa shape index (κ3) is 2.46. The fourth-order valence-corrected chi connectivity index (χ4v) is 1.90. The minimum atomic E-state index is -0.564. The molecule has 7 heteroatoms. The number of aromatic nitrogens is 4. The summed E-state index contributed by atoms with van der Waals surface area (Å²) in [5.41, 5.74) is 1.19. The van der Waals surface area contributed by atoms with Crippen molar-refractivity contribution in [2.45, 2.75) is 6.54 Å². The molecule has 1 aromatic carbocycles. The lowest BCUT2D eigenvalue weighted by atomic mass is 10.2. The van der Waals surface area contributed by atoms with Crippen LogP contribution in [0.2, 0.25) is 5.02 Å². The number of hydrogen-bond acceptors (Lipinski definition) is 5.